The number of amides is 2. The van der Waals surface area contributed by atoms with Crippen LogP contribution < -0.4 is 0 Å². The summed E-state index contributed by atoms with van der Waals surface area (Å²) < 4.78 is 9.62. The second kappa shape index (κ2) is 11.1. The fraction of sp³-hybridized carbons (Fsp3) is 0.741. The first-order valence-electron chi connectivity index (χ1n) is 13.6. The summed E-state index contributed by atoms with van der Waals surface area (Å²) >= 11 is 1.57. The highest BCUT2D eigenvalue weighted by atomic mass is 32.2. The number of rotatable bonds is 6. The van der Waals surface area contributed by atoms with Gasteiger partial charge in [-0.1, -0.05) is 24.3 Å². The van der Waals surface area contributed by atoms with Gasteiger partial charge in [0.15, 0.2) is 0 Å². The highest BCUT2D eigenvalue weighted by molar-refractivity contribution is 8.02. The van der Waals surface area contributed by atoms with Gasteiger partial charge in [-0.3, -0.25) is 19.3 Å². The van der Waals surface area contributed by atoms with Gasteiger partial charge in [0.2, 0.25) is 11.8 Å². The number of ether oxygens (including phenoxy) is 2. The first kappa shape index (κ1) is 26.7. The Balaban J connectivity index is 1.50. The summed E-state index contributed by atoms with van der Waals surface area (Å²) in [6.45, 7) is 7.44. The molecule has 0 aromatic carbocycles. The van der Waals surface area contributed by atoms with Gasteiger partial charge in [0.05, 0.1) is 36.4 Å². The maximum absolute atomic E-state index is 14.2. The SMILES string of the molecule is C[C@@]12/C=C\CCCCOC(=O)[C@@H]1[C@H]1C(=O)N(CCCO)C3C(=O)N(CCN4CCOCC4)CC=C[C@@]31S2. The molecule has 0 aliphatic carbocycles. The molecule has 5 atom stereocenters. The predicted molar refractivity (Wildman–Crippen MR) is 140 cm³/mol. The molecule has 3 saturated heterocycles. The highest BCUT2D eigenvalue weighted by Gasteiger charge is 2.73. The maximum Gasteiger partial charge on any atom is 0.311 e. The van der Waals surface area contributed by atoms with E-state index in [9.17, 15) is 19.5 Å². The molecule has 0 aromatic rings. The number of fused-ring (bicyclic) bond motifs is 2. The van der Waals surface area contributed by atoms with Crippen LogP contribution >= 0.6 is 11.8 Å². The molecule has 9 nitrogen and oxygen atoms in total. The smallest absolute Gasteiger partial charge is 0.311 e. The van der Waals surface area contributed by atoms with E-state index >= 15 is 0 Å². The molecular formula is C27H39N3O6S. The Bertz CT molecular complexity index is 952. The zero-order chi connectivity index (χ0) is 26.0. The number of hydrogen-bond donors (Lipinski definition) is 1. The number of aliphatic hydroxyl groups excluding tert-OH is 1. The van der Waals surface area contributed by atoms with Gasteiger partial charge in [-0.2, -0.15) is 0 Å². The number of thioether (sulfide) groups is 1. The van der Waals surface area contributed by atoms with Crippen LogP contribution in [0.2, 0.25) is 0 Å². The number of allylic oxidation sites excluding steroid dienone is 1. The summed E-state index contributed by atoms with van der Waals surface area (Å²) in [5.41, 5.74) is 0. The van der Waals surface area contributed by atoms with Crippen LogP contribution in [0.1, 0.15) is 32.6 Å². The molecule has 37 heavy (non-hydrogen) atoms. The number of aliphatic hydroxyl groups is 1. The molecule has 2 amide bonds. The van der Waals surface area contributed by atoms with Crippen LogP contribution in [0.3, 0.4) is 0 Å². The van der Waals surface area contributed by atoms with E-state index in [1.54, 1.807) is 16.7 Å². The van der Waals surface area contributed by atoms with Crippen molar-refractivity contribution in [3.05, 3.63) is 24.3 Å². The standard InChI is InChI=1S/C27H39N3O6S/c1-26-8-4-2-3-5-17-36-25(34)21(26)20-23(32)30(11-7-16-31)22-24(33)29(10-6-9-27(20,22)37-26)13-12-28-14-18-35-19-15-28/h4,6,8-9,20-22,31H,2-3,5,7,10-19H2,1H3/b8-4-/t20-,21-,22?,26+,27-/m0/s1. The molecule has 0 aromatic heterocycles. The van der Waals surface area contributed by atoms with Gasteiger partial charge in [-0.25, -0.2) is 0 Å². The lowest BCUT2D eigenvalue weighted by Crippen LogP contribution is -2.54. The monoisotopic (exact) mass is 533 g/mol. The minimum absolute atomic E-state index is 0.0714. The third-order valence-electron chi connectivity index (χ3n) is 8.43. The third kappa shape index (κ3) is 4.86. The normalized spacial score (nSPS) is 37.6. The Kier molecular flexibility index (Phi) is 8.00. The second-order valence-electron chi connectivity index (χ2n) is 10.8. The van der Waals surface area contributed by atoms with E-state index < -0.39 is 27.4 Å². The molecule has 5 aliphatic rings. The lowest BCUT2D eigenvalue weighted by Gasteiger charge is -2.37. The van der Waals surface area contributed by atoms with E-state index in [4.69, 9.17) is 9.47 Å². The molecule has 204 valence electrons. The van der Waals surface area contributed by atoms with Crippen LogP contribution in [0.25, 0.3) is 0 Å². The van der Waals surface area contributed by atoms with Crippen LogP contribution in [0.15, 0.2) is 24.3 Å². The fourth-order valence-electron chi connectivity index (χ4n) is 6.61. The van der Waals surface area contributed by atoms with Crippen molar-refractivity contribution in [3.8, 4) is 0 Å². The van der Waals surface area contributed by atoms with E-state index in [0.717, 1.165) is 38.9 Å². The summed E-state index contributed by atoms with van der Waals surface area (Å²) in [7, 11) is 0. The number of carbonyl (C=O) groups is 3. The molecule has 10 heteroatoms. The van der Waals surface area contributed by atoms with E-state index in [2.05, 4.69) is 17.1 Å². The number of carbonyl (C=O) groups excluding carboxylic acids is 3. The third-order valence-corrected chi connectivity index (χ3v) is 10.2. The van der Waals surface area contributed by atoms with Crippen molar-refractivity contribution in [1.82, 2.24) is 14.7 Å². The van der Waals surface area contributed by atoms with Gasteiger partial charge < -0.3 is 24.4 Å². The van der Waals surface area contributed by atoms with Crippen LogP contribution in [0.5, 0.6) is 0 Å². The maximum atomic E-state index is 14.2. The van der Waals surface area contributed by atoms with Gasteiger partial charge in [0.25, 0.3) is 0 Å². The van der Waals surface area contributed by atoms with Crippen LogP contribution in [0.4, 0.5) is 0 Å². The summed E-state index contributed by atoms with van der Waals surface area (Å²) in [5, 5.41) is 9.56. The lowest BCUT2D eigenvalue weighted by atomic mass is 9.74. The molecule has 0 bridgehead atoms. The Morgan fingerprint density at radius 1 is 1.00 bits per heavy atom. The van der Waals surface area contributed by atoms with Crippen molar-refractivity contribution in [2.45, 2.75) is 48.1 Å². The van der Waals surface area contributed by atoms with Crippen molar-refractivity contribution in [3.63, 3.8) is 0 Å². The number of esters is 1. The van der Waals surface area contributed by atoms with Gasteiger partial charge >= 0.3 is 5.97 Å². The summed E-state index contributed by atoms with van der Waals surface area (Å²) in [6, 6.07) is -0.722. The summed E-state index contributed by atoms with van der Waals surface area (Å²) in [6.07, 6.45) is 11.2. The molecule has 1 N–H and O–H groups in total. The van der Waals surface area contributed by atoms with Crippen LogP contribution in [0, 0.1) is 11.8 Å². The molecule has 1 spiro atoms. The molecule has 3 fully saturated rings. The number of cyclic esters (lactones) is 1. The number of morpholine rings is 1. The Hall–Kier alpha value is -1.88. The zero-order valence-corrected chi connectivity index (χ0v) is 22.5. The topological polar surface area (TPSA) is 99.6 Å². The second-order valence-corrected chi connectivity index (χ2v) is 12.6. The highest BCUT2D eigenvalue weighted by Crippen LogP contribution is 2.65. The summed E-state index contributed by atoms with van der Waals surface area (Å²) in [5.74, 6) is -1.99. The molecule has 5 rings (SSSR count). The average Bonchev–Trinajstić information content (AvgIpc) is 3.22. The van der Waals surface area contributed by atoms with Gasteiger partial charge in [0, 0.05) is 50.6 Å². The van der Waals surface area contributed by atoms with E-state index in [1.165, 1.54) is 0 Å². The quantitative estimate of drug-likeness (QED) is 0.400. The Morgan fingerprint density at radius 2 is 1.81 bits per heavy atom. The fourth-order valence-corrected chi connectivity index (χ4v) is 8.77. The van der Waals surface area contributed by atoms with Gasteiger partial charge in [-0.15, -0.1) is 11.8 Å². The zero-order valence-electron chi connectivity index (χ0n) is 21.7. The van der Waals surface area contributed by atoms with Crippen LogP contribution in [-0.4, -0.2) is 119 Å². The van der Waals surface area contributed by atoms with E-state index in [-0.39, 0.29) is 30.9 Å². The number of likely N-dealkylation sites (tertiary alicyclic amines) is 1. The van der Waals surface area contributed by atoms with Crippen molar-refractivity contribution in [2.75, 3.05) is 65.7 Å². The molecular weight excluding hydrogens is 494 g/mol. The number of nitrogens with zero attached hydrogens (tertiary/aromatic N) is 3. The summed E-state index contributed by atoms with van der Waals surface area (Å²) in [4.78, 5) is 47.6. The van der Waals surface area contributed by atoms with Gasteiger partial charge in [-0.05, 0) is 32.6 Å². The first-order valence-corrected chi connectivity index (χ1v) is 14.5. The molecule has 0 saturated carbocycles. The largest absolute Gasteiger partial charge is 0.465 e. The lowest BCUT2D eigenvalue weighted by molar-refractivity contribution is -0.154. The molecule has 1 unspecified atom stereocenters. The van der Waals surface area contributed by atoms with E-state index in [1.807, 2.05) is 24.0 Å². The van der Waals surface area contributed by atoms with Crippen molar-refractivity contribution in [2.24, 2.45) is 11.8 Å². The predicted octanol–water partition coefficient (Wildman–Crippen LogP) is 1.07. The molecule has 5 aliphatic heterocycles. The molecule has 5 heterocycles. The first-order chi connectivity index (χ1) is 17.9. The average molecular weight is 534 g/mol. The minimum Gasteiger partial charge on any atom is -0.465 e. The number of hydrogen-bond acceptors (Lipinski definition) is 8. The Labute approximate surface area is 223 Å². The minimum atomic E-state index is -0.867. The van der Waals surface area contributed by atoms with Crippen molar-refractivity contribution >= 4 is 29.5 Å². The Morgan fingerprint density at radius 3 is 2.59 bits per heavy atom. The molecule has 0 radical (unpaired) electrons. The van der Waals surface area contributed by atoms with Gasteiger partial charge in [0.1, 0.15) is 6.04 Å². The van der Waals surface area contributed by atoms with E-state index in [0.29, 0.717) is 39.3 Å². The van der Waals surface area contributed by atoms with Crippen molar-refractivity contribution in [1.29, 1.82) is 0 Å². The van der Waals surface area contributed by atoms with Crippen molar-refractivity contribution < 1.29 is 29.0 Å². The van der Waals surface area contributed by atoms with Crippen LogP contribution in [-0.2, 0) is 23.9 Å².